The molecule has 16 heavy (non-hydrogen) atoms. The van der Waals surface area contributed by atoms with Crippen LogP contribution in [0.1, 0.15) is 0 Å². The molecule has 1 aromatic heterocycles. The Bertz CT molecular complexity index is 369. The second-order valence-electron chi connectivity index (χ2n) is 2.93. The van der Waals surface area contributed by atoms with Gasteiger partial charge in [0.15, 0.2) is 0 Å². The number of H-pyrrole nitrogens is 1. The predicted octanol–water partition coefficient (Wildman–Crippen LogP) is 0.607. The fourth-order valence-corrected chi connectivity index (χ4v) is 1.35. The number of anilines is 1. The minimum atomic E-state index is -0.210. The second kappa shape index (κ2) is 7.37. The number of ether oxygens (including phenoxy) is 2. The highest BCUT2D eigenvalue weighted by Crippen LogP contribution is 2.12. The molecule has 1 aromatic rings. The van der Waals surface area contributed by atoms with Gasteiger partial charge in [-0.3, -0.25) is 4.79 Å². The summed E-state index contributed by atoms with van der Waals surface area (Å²) >= 11 is 3.14. The summed E-state index contributed by atoms with van der Waals surface area (Å²) in [4.78, 5) is 17.6. The molecule has 1 heterocycles. The molecule has 0 fully saturated rings. The first-order valence-electron chi connectivity index (χ1n) is 4.79. The summed E-state index contributed by atoms with van der Waals surface area (Å²) in [6.45, 7) is 2.25. The number of hydrogen-bond acceptors (Lipinski definition) is 5. The number of methoxy groups -OCH3 is 1. The van der Waals surface area contributed by atoms with Gasteiger partial charge in [0.25, 0.3) is 5.56 Å². The quantitative estimate of drug-likeness (QED) is 0.720. The molecular formula is C9H14BrN3O3. The summed E-state index contributed by atoms with van der Waals surface area (Å²) in [7, 11) is 1.62. The lowest BCUT2D eigenvalue weighted by molar-refractivity contribution is 0.0759. The lowest BCUT2D eigenvalue weighted by Gasteiger charge is -2.07. The first-order valence-corrected chi connectivity index (χ1v) is 5.58. The van der Waals surface area contributed by atoms with Crippen LogP contribution in [0.4, 0.5) is 5.82 Å². The van der Waals surface area contributed by atoms with Gasteiger partial charge in [0.2, 0.25) is 0 Å². The Labute approximate surface area is 102 Å². The molecule has 0 amide bonds. The fourth-order valence-electron chi connectivity index (χ4n) is 0.992. The summed E-state index contributed by atoms with van der Waals surface area (Å²) in [6.07, 6.45) is 1.35. The summed E-state index contributed by atoms with van der Waals surface area (Å²) < 4.78 is 10.5. The molecule has 1 rings (SSSR count). The number of hydrogen-bond donors (Lipinski definition) is 2. The van der Waals surface area contributed by atoms with Gasteiger partial charge in [-0.1, -0.05) is 0 Å². The Balaban J connectivity index is 2.27. The van der Waals surface area contributed by atoms with E-state index in [0.717, 1.165) is 0 Å². The molecule has 0 aliphatic rings. The summed E-state index contributed by atoms with van der Waals surface area (Å²) in [6, 6.07) is 0. The third kappa shape index (κ3) is 4.30. The van der Waals surface area contributed by atoms with Crippen LogP contribution in [0.3, 0.4) is 0 Å². The fraction of sp³-hybridized carbons (Fsp3) is 0.556. The normalized spacial score (nSPS) is 10.4. The highest BCUT2D eigenvalue weighted by molar-refractivity contribution is 9.10. The van der Waals surface area contributed by atoms with Gasteiger partial charge in [0, 0.05) is 13.7 Å². The number of rotatable bonds is 7. The molecule has 7 heteroatoms. The van der Waals surface area contributed by atoms with Crippen molar-refractivity contribution in [1.29, 1.82) is 0 Å². The third-order valence-electron chi connectivity index (χ3n) is 1.77. The van der Waals surface area contributed by atoms with Crippen LogP contribution < -0.4 is 10.9 Å². The van der Waals surface area contributed by atoms with Gasteiger partial charge >= 0.3 is 0 Å². The number of nitrogens with zero attached hydrogens (tertiary/aromatic N) is 1. The van der Waals surface area contributed by atoms with E-state index in [2.05, 4.69) is 31.2 Å². The van der Waals surface area contributed by atoms with Gasteiger partial charge in [-0.15, -0.1) is 0 Å². The van der Waals surface area contributed by atoms with Crippen LogP contribution in [0.5, 0.6) is 0 Å². The molecule has 0 radical (unpaired) electrons. The topological polar surface area (TPSA) is 76.2 Å². The van der Waals surface area contributed by atoms with Crippen LogP contribution in [0.25, 0.3) is 0 Å². The third-order valence-corrected chi connectivity index (χ3v) is 2.50. The highest BCUT2D eigenvalue weighted by atomic mass is 79.9. The number of halogens is 1. The van der Waals surface area contributed by atoms with Crippen molar-refractivity contribution in [3.63, 3.8) is 0 Å². The summed E-state index contributed by atoms with van der Waals surface area (Å²) in [5.41, 5.74) is -0.210. The second-order valence-corrected chi connectivity index (χ2v) is 3.72. The van der Waals surface area contributed by atoms with Crippen molar-refractivity contribution >= 4 is 21.7 Å². The SMILES string of the molecule is COCCOCCNc1nc[nH]c(=O)c1Br. The van der Waals surface area contributed by atoms with E-state index in [1.807, 2.05) is 0 Å². The first-order chi connectivity index (χ1) is 7.75. The number of aromatic amines is 1. The van der Waals surface area contributed by atoms with Crippen LogP contribution in [0.15, 0.2) is 15.6 Å². The van der Waals surface area contributed by atoms with Crippen LogP contribution in [0, 0.1) is 0 Å². The molecule has 6 nitrogen and oxygen atoms in total. The largest absolute Gasteiger partial charge is 0.382 e. The minimum Gasteiger partial charge on any atom is -0.382 e. The molecule has 90 valence electrons. The minimum absolute atomic E-state index is 0.210. The van der Waals surface area contributed by atoms with E-state index < -0.39 is 0 Å². The molecule has 0 bridgehead atoms. The van der Waals surface area contributed by atoms with Crippen molar-refractivity contribution in [3.05, 3.63) is 21.2 Å². The van der Waals surface area contributed by atoms with Crippen molar-refractivity contribution < 1.29 is 9.47 Å². The van der Waals surface area contributed by atoms with Crippen LogP contribution >= 0.6 is 15.9 Å². The Morgan fingerprint density at radius 2 is 2.31 bits per heavy atom. The smallest absolute Gasteiger partial charge is 0.267 e. The van der Waals surface area contributed by atoms with E-state index in [0.29, 0.717) is 36.7 Å². The van der Waals surface area contributed by atoms with Gasteiger partial charge in [-0.2, -0.15) is 0 Å². The van der Waals surface area contributed by atoms with Crippen molar-refractivity contribution in [2.75, 3.05) is 38.8 Å². The molecule has 0 spiro atoms. The predicted molar refractivity (Wildman–Crippen MR) is 63.7 cm³/mol. The van der Waals surface area contributed by atoms with E-state index in [4.69, 9.17) is 9.47 Å². The molecule has 0 aliphatic heterocycles. The average Bonchev–Trinajstić information content (AvgIpc) is 2.29. The van der Waals surface area contributed by atoms with Crippen LogP contribution in [-0.4, -0.2) is 43.4 Å². The van der Waals surface area contributed by atoms with Crippen molar-refractivity contribution in [2.24, 2.45) is 0 Å². The zero-order valence-corrected chi connectivity index (χ0v) is 10.5. The maximum absolute atomic E-state index is 11.2. The maximum Gasteiger partial charge on any atom is 0.267 e. The van der Waals surface area contributed by atoms with E-state index in [-0.39, 0.29) is 5.56 Å². The first kappa shape index (κ1) is 13.1. The molecule has 0 aliphatic carbocycles. The van der Waals surface area contributed by atoms with Crippen molar-refractivity contribution in [3.8, 4) is 0 Å². The zero-order valence-electron chi connectivity index (χ0n) is 8.96. The lowest BCUT2D eigenvalue weighted by Crippen LogP contribution is -2.16. The van der Waals surface area contributed by atoms with Gasteiger partial charge in [-0.05, 0) is 15.9 Å². The number of nitrogens with one attached hydrogen (secondary N) is 2. The zero-order chi connectivity index (χ0) is 11.8. The molecule has 2 N–H and O–H groups in total. The monoisotopic (exact) mass is 291 g/mol. The van der Waals surface area contributed by atoms with Crippen molar-refractivity contribution in [1.82, 2.24) is 9.97 Å². The van der Waals surface area contributed by atoms with Gasteiger partial charge < -0.3 is 19.8 Å². The van der Waals surface area contributed by atoms with E-state index in [9.17, 15) is 4.79 Å². The summed E-state index contributed by atoms with van der Waals surface area (Å²) in [5, 5.41) is 2.99. The molecule has 0 unspecified atom stereocenters. The Kier molecular flexibility index (Phi) is 6.05. The van der Waals surface area contributed by atoms with Gasteiger partial charge in [0.1, 0.15) is 10.3 Å². The molecule has 0 aromatic carbocycles. The van der Waals surface area contributed by atoms with Crippen LogP contribution in [-0.2, 0) is 9.47 Å². The number of aromatic nitrogens is 2. The van der Waals surface area contributed by atoms with Crippen molar-refractivity contribution in [2.45, 2.75) is 0 Å². The lowest BCUT2D eigenvalue weighted by atomic mass is 10.5. The van der Waals surface area contributed by atoms with E-state index >= 15 is 0 Å². The standard InChI is InChI=1S/C9H14BrN3O3/c1-15-4-5-16-3-2-11-8-7(10)9(14)13-6-12-8/h6H,2-5H2,1H3,(H2,11,12,13,14). The molecular weight excluding hydrogens is 278 g/mol. The average molecular weight is 292 g/mol. The molecule has 0 saturated heterocycles. The summed E-state index contributed by atoms with van der Waals surface area (Å²) in [5.74, 6) is 0.513. The molecule has 0 saturated carbocycles. The Morgan fingerprint density at radius 3 is 3.06 bits per heavy atom. The Hall–Kier alpha value is -0.920. The van der Waals surface area contributed by atoms with Gasteiger partial charge in [-0.25, -0.2) is 4.98 Å². The maximum atomic E-state index is 11.2. The van der Waals surface area contributed by atoms with E-state index in [1.54, 1.807) is 7.11 Å². The molecule has 0 atom stereocenters. The highest BCUT2D eigenvalue weighted by Gasteiger charge is 2.03. The Morgan fingerprint density at radius 1 is 1.50 bits per heavy atom. The van der Waals surface area contributed by atoms with Gasteiger partial charge in [0.05, 0.1) is 26.1 Å². The van der Waals surface area contributed by atoms with Crippen LogP contribution in [0.2, 0.25) is 0 Å². The van der Waals surface area contributed by atoms with E-state index in [1.165, 1.54) is 6.33 Å².